The van der Waals surface area contributed by atoms with E-state index < -0.39 is 10.0 Å². The van der Waals surface area contributed by atoms with E-state index in [4.69, 9.17) is 0 Å². The molecule has 3 rings (SSSR count). The molecular formula is C20H23N3O3S. The first-order valence-corrected chi connectivity index (χ1v) is 10.2. The van der Waals surface area contributed by atoms with E-state index in [-0.39, 0.29) is 17.3 Å². The van der Waals surface area contributed by atoms with Gasteiger partial charge in [0, 0.05) is 31.9 Å². The average molecular weight is 385 g/mol. The normalized spacial score (nSPS) is 11.8. The van der Waals surface area contributed by atoms with E-state index >= 15 is 0 Å². The Morgan fingerprint density at radius 3 is 2.52 bits per heavy atom. The summed E-state index contributed by atoms with van der Waals surface area (Å²) in [6, 6.07) is 18.3. The molecule has 0 aliphatic rings. The highest BCUT2D eigenvalue weighted by molar-refractivity contribution is 7.89. The monoisotopic (exact) mass is 385 g/mol. The molecule has 1 amide bonds. The van der Waals surface area contributed by atoms with Gasteiger partial charge in [-0.25, -0.2) is 8.42 Å². The number of amides is 1. The van der Waals surface area contributed by atoms with E-state index in [1.807, 2.05) is 18.3 Å². The fourth-order valence-electron chi connectivity index (χ4n) is 2.93. The van der Waals surface area contributed by atoms with Gasteiger partial charge >= 0.3 is 0 Å². The minimum atomic E-state index is -3.66. The van der Waals surface area contributed by atoms with Crippen LogP contribution in [0.3, 0.4) is 0 Å². The Balaban J connectivity index is 1.47. The first-order valence-electron chi connectivity index (χ1n) is 8.80. The number of aryl methyl sites for hydroxylation is 1. The number of rotatable bonds is 8. The lowest BCUT2D eigenvalue weighted by Crippen LogP contribution is -2.38. The zero-order valence-electron chi connectivity index (χ0n) is 15.2. The van der Waals surface area contributed by atoms with Crippen LogP contribution in [-0.4, -0.2) is 43.3 Å². The molecule has 3 aromatic rings. The molecule has 1 heterocycles. The quantitative estimate of drug-likeness (QED) is 0.606. The third-order valence-corrected chi connectivity index (χ3v) is 6.21. The van der Waals surface area contributed by atoms with Gasteiger partial charge in [0.2, 0.25) is 15.9 Å². The van der Waals surface area contributed by atoms with E-state index in [0.29, 0.717) is 6.54 Å². The molecule has 0 saturated carbocycles. The van der Waals surface area contributed by atoms with E-state index in [0.717, 1.165) is 22.8 Å². The van der Waals surface area contributed by atoms with E-state index in [1.54, 1.807) is 18.2 Å². The predicted molar refractivity (Wildman–Crippen MR) is 106 cm³/mol. The number of fused-ring (bicyclic) bond motifs is 1. The van der Waals surface area contributed by atoms with Crippen LogP contribution >= 0.6 is 0 Å². The van der Waals surface area contributed by atoms with Crippen molar-refractivity contribution in [2.45, 2.75) is 17.9 Å². The molecule has 7 heteroatoms. The van der Waals surface area contributed by atoms with Crippen molar-refractivity contribution in [1.82, 2.24) is 14.2 Å². The molecule has 27 heavy (non-hydrogen) atoms. The maximum Gasteiger partial charge on any atom is 0.243 e. The number of para-hydroxylation sites is 1. The van der Waals surface area contributed by atoms with Crippen LogP contribution in [0.2, 0.25) is 0 Å². The van der Waals surface area contributed by atoms with E-state index in [9.17, 15) is 13.2 Å². The number of carbonyl (C=O) groups is 1. The van der Waals surface area contributed by atoms with Gasteiger partial charge in [0.05, 0.1) is 11.4 Å². The van der Waals surface area contributed by atoms with Crippen molar-refractivity contribution >= 4 is 26.8 Å². The summed E-state index contributed by atoms with van der Waals surface area (Å²) in [7, 11) is -2.25. The average Bonchev–Trinajstić information content (AvgIpc) is 3.09. The molecule has 142 valence electrons. The van der Waals surface area contributed by atoms with Gasteiger partial charge in [-0.1, -0.05) is 36.4 Å². The fourth-order valence-corrected chi connectivity index (χ4v) is 4.08. The van der Waals surface area contributed by atoms with Crippen LogP contribution in [0.15, 0.2) is 71.8 Å². The van der Waals surface area contributed by atoms with Crippen LogP contribution < -0.4 is 5.32 Å². The fraction of sp³-hybridized carbons (Fsp3) is 0.250. The topological polar surface area (TPSA) is 71.4 Å². The summed E-state index contributed by atoms with van der Waals surface area (Å²) >= 11 is 0. The van der Waals surface area contributed by atoms with Gasteiger partial charge < -0.3 is 9.88 Å². The van der Waals surface area contributed by atoms with Crippen LogP contribution in [0.4, 0.5) is 0 Å². The summed E-state index contributed by atoms with van der Waals surface area (Å²) in [6.45, 7) is 1.07. The zero-order valence-corrected chi connectivity index (χ0v) is 16.0. The SMILES string of the molecule is CN(CC(=O)NCCCn1ccc2ccccc21)S(=O)(=O)c1ccccc1. The van der Waals surface area contributed by atoms with Gasteiger partial charge in [0.15, 0.2) is 0 Å². The summed E-state index contributed by atoms with van der Waals surface area (Å²) in [5, 5.41) is 3.98. The lowest BCUT2D eigenvalue weighted by molar-refractivity contribution is -0.121. The smallest absolute Gasteiger partial charge is 0.243 e. The van der Waals surface area contributed by atoms with Crippen molar-refractivity contribution in [1.29, 1.82) is 0 Å². The molecule has 0 bridgehead atoms. The van der Waals surface area contributed by atoms with Crippen molar-refractivity contribution in [3.63, 3.8) is 0 Å². The van der Waals surface area contributed by atoms with Crippen LogP contribution in [0.25, 0.3) is 10.9 Å². The zero-order chi connectivity index (χ0) is 19.3. The summed E-state index contributed by atoms with van der Waals surface area (Å²) in [5.41, 5.74) is 1.16. The Hall–Kier alpha value is -2.64. The molecule has 0 saturated heterocycles. The van der Waals surface area contributed by atoms with Crippen LogP contribution in [0, 0.1) is 0 Å². The number of likely N-dealkylation sites (N-methyl/N-ethyl adjacent to an activating group) is 1. The molecule has 0 aliphatic carbocycles. The van der Waals surface area contributed by atoms with Crippen LogP contribution in [0.1, 0.15) is 6.42 Å². The molecule has 1 N–H and O–H groups in total. The largest absolute Gasteiger partial charge is 0.355 e. The second kappa shape index (κ2) is 8.37. The molecule has 2 aromatic carbocycles. The van der Waals surface area contributed by atoms with Crippen molar-refractivity contribution in [2.24, 2.45) is 0 Å². The number of aromatic nitrogens is 1. The van der Waals surface area contributed by atoms with Crippen molar-refractivity contribution < 1.29 is 13.2 Å². The summed E-state index contributed by atoms with van der Waals surface area (Å²) < 4.78 is 28.1. The standard InChI is InChI=1S/C20H23N3O3S/c1-22(27(25,26)18-9-3-2-4-10-18)16-20(24)21-13-7-14-23-15-12-17-8-5-6-11-19(17)23/h2-6,8-12,15H,7,13-14,16H2,1H3,(H,21,24). The Labute approximate surface area is 159 Å². The van der Waals surface area contributed by atoms with Gasteiger partial charge in [-0.2, -0.15) is 4.31 Å². The van der Waals surface area contributed by atoms with Crippen molar-refractivity contribution in [3.8, 4) is 0 Å². The number of carbonyl (C=O) groups excluding carboxylic acids is 1. The number of benzene rings is 2. The van der Waals surface area contributed by atoms with Crippen LogP contribution in [0.5, 0.6) is 0 Å². The number of nitrogens with one attached hydrogen (secondary N) is 1. The maximum absolute atomic E-state index is 12.4. The highest BCUT2D eigenvalue weighted by Gasteiger charge is 2.22. The number of hydrogen-bond acceptors (Lipinski definition) is 3. The summed E-state index contributed by atoms with van der Waals surface area (Å²) in [5.74, 6) is -0.311. The third-order valence-electron chi connectivity index (χ3n) is 4.40. The lowest BCUT2D eigenvalue weighted by atomic mass is 10.2. The molecular weight excluding hydrogens is 362 g/mol. The minimum absolute atomic E-state index is 0.180. The molecule has 0 unspecified atom stereocenters. The van der Waals surface area contributed by atoms with E-state index in [2.05, 4.69) is 28.1 Å². The van der Waals surface area contributed by atoms with Gasteiger partial charge in [-0.05, 0) is 36.1 Å². The van der Waals surface area contributed by atoms with Gasteiger partial charge in [0.25, 0.3) is 0 Å². The Morgan fingerprint density at radius 2 is 1.74 bits per heavy atom. The second-order valence-electron chi connectivity index (χ2n) is 6.35. The van der Waals surface area contributed by atoms with E-state index in [1.165, 1.54) is 24.6 Å². The Bertz CT molecular complexity index is 1010. The maximum atomic E-state index is 12.4. The Morgan fingerprint density at radius 1 is 1.04 bits per heavy atom. The summed E-state index contributed by atoms with van der Waals surface area (Å²) in [4.78, 5) is 12.3. The number of sulfonamides is 1. The Kier molecular flexibility index (Phi) is 5.93. The summed E-state index contributed by atoms with van der Waals surface area (Å²) in [6.07, 6.45) is 2.80. The first-order chi connectivity index (χ1) is 13.0. The number of hydrogen-bond donors (Lipinski definition) is 1. The molecule has 0 spiro atoms. The van der Waals surface area contributed by atoms with Gasteiger partial charge in [0.1, 0.15) is 0 Å². The van der Waals surface area contributed by atoms with Crippen molar-refractivity contribution in [3.05, 3.63) is 66.9 Å². The minimum Gasteiger partial charge on any atom is -0.355 e. The highest BCUT2D eigenvalue weighted by Crippen LogP contribution is 2.15. The molecule has 1 aromatic heterocycles. The lowest BCUT2D eigenvalue weighted by Gasteiger charge is -2.17. The second-order valence-corrected chi connectivity index (χ2v) is 8.39. The van der Waals surface area contributed by atoms with Gasteiger partial charge in [-0.15, -0.1) is 0 Å². The predicted octanol–water partition coefficient (Wildman–Crippen LogP) is 2.47. The van der Waals surface area contributed by atoms with Gasteiger partial charge in [-0.3, -0.25) is 4.79 Å². The first kappa shape index (κ1) is 19.1. The molecule has 6 nitrogen and oxygen atoms in total. The highest BCUT2D eigenvalue weighted by atomic mass is 32.2. The van der Waals surface area contributed by atoms with Crippen LogP contribution in [-0.2, 0) is 21.4 Å². The molecule has 0 radical (unpaired) electrons. The molecule has 0 fully saturated rings. The molecule has 0 aliphatic heterocycles. The molecule has 0 atom stereocenters. The number of nitrogens with zero attached hydrogens (tertiary/aromatic N) is 2. The third kappa shape index (κ3) is 4.56. The van der Waals surface area contributed by atoms with Crippen molar-refractivity contribution in [2.75, 3.05) is 20.1 Å².